The van der Waals surface area contributed by atoms with E-state index in [1.807, 2.05) is 48.5 Å². The number of carbonyl (C=O) groups excluding carboxylic acids is 1. The number of benzene rings is 2. The lowest BCUT2D eigenvalue weighted by molar-refractivity contribution is 0.0923. The van der Waals surface area contributed by atoms with E-state index in [9.17, 15) is 4.79 Å². The Balaban J connectivity index is 1.32. The van der Waals surface area contributed by atoms with Gasteiger partial charge in [-0.25, -0.2) is 5.43 Å². The van der Waals surface area contributed by atoms with Gasteiger partial charge in [-0.05, 0) is 68.4 Å². The summed E-state index contributed by atoms with van der Waals surface area (Å²) in [5, 5.41) is 3.98. The second-order valence-electron chi connectivity index (χ2n) is 7.22. The van der Waals surface area contributed by atoms with E-state index < -0.39 is 5.91 Å². The summed E-state index contributed by atoms with van der Waals surface area (Å²) < 4.78 is 14.5. The van der Waals surface area contributed by atoms with Crippen LogP contribution in [0.25, 0.3) is 5.69 Å². The maximum atomic E-state index is 12.2. The highest BCUT2D eigenvalue weighted by Crippen LogP contribution is 2.21. The van der Waals surface area contributed by atoms with Gasteiger partial charge in [-0.3, -0.25) is 4.79 Å². The molecule has 4 aromatic rings. The van der Waals surface area contributed by atoms with Crippen molar-refractivity contribution in [3.63, 3.8) is 0 Å². The van der Waals surface area contributed by atoms with Crippen LogP contribution in [0.5, 0.6) is 5.75 Å². The van der Waals surface area contributed by atoms with Gasteiger partial charge in [-0.2, -0.15) is 5.10 Å². The summed E-state index contributed by atoms with van der Waals surface area (Å²) in [6.45, 7) is 4.37. The molecule has 0 fully saturated rings. The highest BCUT2D eigenvalue weighted by atomic mass is 79.9. The van der Waals surface area contributed by atoms with Gasteiger partial charge >= 0.3 is 5.91 Å². The third-order valence-electron chi connectivity index (χ3n) is 4.91. The molecule has 32 heavy (non-hydrogen) atoms. The number of amides is 1. The Labute approximate surface area is 194 Å². The summed E-state index contributed by atoms with van der Waals surface area (Å²) in [5.74, 6) is 1.01. The minimum atomic E-state index is -0.429. The lowest BCUT2D eigenvalue weighted by Gasteiger charge is -2.10. The number of ether oxygens (including phenoxy) is 1. The monoisotopic (exact) mass is 491 g/mol. The summed E-state index contributed by atoms with van der Waals surface area (Å²) in [6, 6.07) is 22.9. The van der Waals surface area contributed by atoms with Gasteiger partial charge < -0.3 is 13.7 Å². The zero-order valence-electron chi connectivity index (χ0n) is 17.7. The van der Waals surface area contributed by atoms with Crippen LogP contribution >= 0.6 is 15.9 Å². The van der Waals surface area contributed by atoms with Crippen LogP contribution in [-0.2, 0) is 6.61 Å². The molecule has 0 bridgehead atoms. The van der Waals surface area contributed by atoms with Crippen LogP contribution in [0.3, 0.4) is 0 Å². The first-order chi connectivity index (χ1) is 15.5. The van der Waals surface area contributed by atoms with Crippen molar-refractivity contribution in [2.45, 2.75) is 20.5 Å². The molecule has 0 spiro atoms. The molecule has 2 heterocycles. The van der Waals surface area contributed by atoms with Gasteiger partial charge in [-0.15, -0.1) is 0 Å². The van der Waals surface area contributed by atoms with E-state index in [2.05, 4.69) is 57.0 Å². The Morgan fingerprint density at radius 2 is 1.75 bits per heavy atom. The molecule has 0 saturated heterocycles. The van der Waals surface area contributed by atoms with E-state index in [-0.39, 0.29) is 12.4 Å². The molecule has 7 heteroatoms. The normalized spacial score (nSPS) is 11.1. The van der Waals surface area contributed by atoms with E-state index >= 15 is 0 Å². The number of nitrogens with zero attached hydrogens (tertiary/aromatic N) is 2. The highest BCUT2D eigenvalue weighted by molar-refractivity contribution is 9.10. The number of hydrogen-bond acceptors (Lipinski definition) is 4. The summed E-state index contributed by atoms with van der Waals surface area (Å²) in [4.78, 5) is 12.2. The second kappa shape index (κ2) is 9.70. The van der Waals surface area contributed by atoms with Crippen molar-refractivity contribution < 1.29 is 13.9 Å². The van der Waals surface area contributed by atoms with Crippen molar-refractivity contribution in [1.29, 1.82) is 0 Å². The molecular formula is C25H22BrN3O3. The number of carbonyl (C=O) groups is 1. The molecule has 0 radical (unpaired) electrons. The molecule has 0 atom stereocenters. The van der Waals surface area contributed by atoms with Gasteiger partial charge in [0, 0.05) is 27.1 Å². The van der Waals surface area contributed by atoms with Crippen molar-refractivity contribution in [1.82, 2.24) is 9.99 Å². The topological polar surface area (TPSA) is 68.8 Å². The minimum Gasteiger partial charge on any atom is -0.486 e. The van der Waals surface area contributed by atoms with E-state index in [4.69, 9.17) is 9.15 Å². The maximum Gasteiger partial charge on any atom is 0.307 e. The number of furan rings is 1. The molecule has 0 aliphatic carbocycles. The molecule has 4 rings (SSSR count). The van der Waals surface area contributed by atoms with E-state index in [0.29, 0.717) is 5.76 Å². The average Bonchev–Trinajstić information content (AvgIpc) is 3.40. The lowest BCUT2D eigenvalue weighted by Crippen LogP contribution is -2.16. The number of aromatic nitrogens is 1. The predicted molar refractivity (Wildman–Crippen MR) is 127 cm³/mol. The number of halogens is 1. The predicted octanol–water partition coefficient (Wildman–Crippen LogP) is 5.79. The molecule has 0 unspecified atom stereocenters. The van der Waals surface area contributed by atoms with Crippen molar-refractivity contribution >= 4 is 28.1 Å². The van der Waals surface area contributed by atoms with Crippen molar-refractivity contribution in [3.8, 4) is 11.4 Å². The third-order valence-corrected chi connectivity index (χ3v) is 5.63. The molecule has 1 N–H and O–H groups in total. The first-order valence-corrected chi connectivity index (χ1v) is 10.9. The van der Waals surface area contributed by atoms with Crippen LogP contribution in [-0.4, -0.2) is 16.7 Å². The average molecular weight is 492 g/mol. The first kappa shape index (κ1) is 21.6. The van der Waals surface area contributed by atoms with Gasteiger partial charge in [0.2, 0.25) is 0 Å². The van der Waals surface area contributed by atoms with Gasteiger partial charge in [-0.1, -0.05) is 34.1 Å². The van der Waals surface area contributed by atoms with Crippen molar-refractivity contribution in [3.05, 3.63) is 106 Å². The first-order valence-electron chi connectivity index (χ1n) is 10.1. The van der Waals surface area contributed by atoms with E-state index in [1.54, 1.807) is 18.3 Å². The molecule has 0 aliphatic heterocycles. The number of nitrogens with one attached hydrogen (secondary N) is 1. The standard InChI is InChI=1S/C25H22BrN3O3/c1-17-7-8-18(2)29(17)20-9-11-21(12-10-20)31-16-22-13-14-24(32-22)25(30)28-27-15-19-5-3-4-6-23(19)26/h3-15H,16H2,1-2H3,(H,28,30)/b27-15+. The lowest BCUT2D eigenvalue weighted by atomic mass is 10.2. The van der Waals surface area contributed by atoms with Crippen LogP contribution in [0.4, 0.5) is 0 Å². The van der Waals surface area contributed by atoms with Crippen LogP contribution in [0, 0.1) is 13.8 Å². The van der Waals surface area contributed by atoms with Crippen molar-refractivity contribution in [2.24, 2.45) is 5.10 Å². The molecule has 1 amide bonds. The SMILES string of the molecule is Cc1ccc(C)n1-c1ccc(OCc2ccc(C(=O)N/N=C/c3ccccc3Br)o2)cc1. The Bertz CT molecular complexity index is 1240. The molecule has 0 aliphatic rings. The van der Waals surface area contributed by atoms with Gasteiger partial charge in [0.25, 0.3) is 0 Å². The van der Waals surface area contributed by atoms with Crippen LogP contribution < -0.4 is 10.2 Å². The molecule has 2 aromatic heterocycles. The Morgan fingerprint density at radius 1 is 1.03 bits per heavy atom. The Hall–Kier alpha value is -3.58. The van der Waals surface area contributed by atoms with Gasteiger partial charge in [0.1, 0.15) is 18.1 Å². The van der Waals surface area contributed by atoms with Gasteiger partial charge in [0.15, 0.2) is 5.76 Å². The molecule has 0 saturated carbocycles. The fraction of sp³-hybridized carbons (Fsp3) is 0.120. The van der Waals surface area contributed by atoms with Gasteiger partial charge in [0.05, 0.1) is 6.21 Å². The Kier molecular flexibility index (Phi) is 6.56. The smallest absolute Gasteiger partial charge is 0.307 e. The summed E-state index contributed by atoms with van der Waals surface area (Å²) >= 11 is 3.43. The number of hydrazone groups is 1. The van der Waals surface area contributed by atoms with E-state index in [1.165, 1.54) is 11.4 Å². The fourth-order valence-electron chi connectivity index (χ4n) is 3.29. The largest absolute Gasteiger partial charge is 0.486 e. The number of hydrogen-bond donors (Lipinski definition) is 1. The number of aryl methyl sites for hydroxylation is 2. The van der Waals surface area contributed by atoms with Crippen molar-refractivity contribution in [2.75, 3.05) is 0 Å². The summed E-state index contributed by atoms with van der Waals surface area (Å²) in [5.41, 5.74) is 6.76. The van der Waals surface area contributed by atoms with Crippen LogP contribution in [0.2, 0.25) is 0 Å². The Morgan fingerprint density at radius 3 is 2.47 bits per heavy atom. The molecular weight excluding hydrogens is 470 g/mol. The molecule has 162 valence electrons. The minimum absolute atomic E-state index is 0.168. The third kappa shape index (κ3) is 5.00. The fourth-order valence-corrected chi connectivity index (χ4v) is 3.68. The zero-order valence-corrected chi connectivity index (χ0v) is 19.3. The summed E-state index contributed by atoms with van der Waals surface area (Å²) in [7, 11) is 0. The van der Waals surface area contributed by atoms with E-state index in [0.717, 1.165) is 21.5 Å². The van der Waals surface area contributed by atoms with Crippen LogP contribution in [0.1, 0.15) is 33.3 Å². The highest BCUT2D eigenvalue weighted by Gasteiger charge is 2.11. The summed E-state index contributed by atoms with van der Waals surface area (Å²) in [6.07, 6.45) is 1.56. The van der Waals surface area contributed by atoms with Crippen LogP contribution in [0.15, 0.2) is 86.8 Å². The number of rotatable bonds is 7. The maximum absolute atomic E-state index is 12.2. The molecule has 6 nitrogen and oxygen atoms in total. The zero-order chi connectivity index (χ0) is 22.5. The molecule has 2 aromatic carbocycles. The second-order valence-corrected chi connectivity index (χ2v) is 8.08. The quantitative estimate of drug-likeness (QED) is 0.262.